The van der Waals surface area contributed by atoms with Gasteiger partial charge in [-0.3, -0.25) is 0 Å². The Morgan fingerprint density at radius 3 is 3.15 bits per heavy atom. The molecule has 1 aliphatic rings. The van der Waals surface area contributed by atoms with Crippen molar-refractivity contribution < 1.29 is 0 Å². The van der Waals surface area contributed by atoms with E-state index in [9.17, 15) is 0 Å². The van der Waals surface area contributed by atoms with Gasteiger partial charge in [0.2, 0.25) is 0 Å². The van der Waals surface area contributed by atoms with Crippen molar-refractivity contribution in [2.24, 2.45) is 0 Å². The van der Waals surface area contributed by atoms with Gasteiger partial charge in [0.1, 0.15) is 0 Å². The lowest BCUT2D eigenvalue weighted by atomic mass is 10.1. The van der Waals surface area contributed by atoms with Gasteiger partial charge in [0.25, 0.3) is 0 Å². The number of nitrogens with one attached hydrogen (secondary N) is 1. The van der Waals surface area contributed by atoms with Crippen molar-refractivity contribution in [1.29, 1.82) is 0 Å². The number of likely N-dealkylation sites (N-methyl/N-ethyl adjacent to an activating group) is 1. The molecule has 1 aromatic rings. The Bertz CT molecular complexity index is 314. The molecule has 1 unspecified atom stereocenters. The van der Waals surface area contributed by atoms with Gasteiger partial charge >= 0.3 is 0 Å². The van der Waals surface area contributed by atoms with Crippen LogP contribution in [0.25, 0.3) is 0 Å². The minimum atomic E-state index is 0.631. The van der Waals surface area contributed by atoms with Crippen LogP contribution < -0.4 is 5.32 Å². The van der Waals surface area contributed by atoms with Crippen molar-refractivity contribution in [1.82, 2.24) is 5.32 Å². The molecule has 0 aliphatic carbocycles. The Balaban J connectivity index is 2.31. The van der Waals surface area contributed by atoms with Gasteiger partial charge in [-0.25, -0.2) is 0 Å². The van der Waals surface area contributed by atoms with Crippen molar-refractivity contribution in [3.8, 4) is 0 Å². The molecule has 1 N–H and O–H groups in total. The third kappa shape index (κ3) is 1.92. The highest BCUT2D eigenvalue weighted by Gasteiger charge is 2.18. The summed E-state index contributed by atoms with van der Waals surface area (Å²) in [6.07, 6.45) is 1.15. The summed E-state index contributed by atoms with van der Waals surface area (Å²) in [5.41, 5.74) is 1.46. The van der Waals surface area contributed by atoms with Crippen LogP contribution in [0.5, 0.6) is 0 Å². The van der Waals surface area contributed by atoms with Crippen LogP contribution in [-0.2, 0) is 6.42 Å². The molecule has 1 heterocycles. The zero-order valence-electron chi connectivity index (χ0n) is 7.51. The molecule has 3 heteroatoms. The predicted molar refractivity (Wildman–Crippen MR) is 61.4 cm³/mol. The van der Waals surface area contributed by atoms with Gasteiger partial charge in [-0.2, -0.15) is 0 Å². The molecule has 0 saturated carbocycles. The third-order valence-electron chi connectivity index (χ3n) is 2.35. The Morgan fingerprint density at radius 2 is 2.38 bits per heavy atom. The fourth-order valence-corrected chi connectivity index (χ4v) is 3.52. The fraction of sp³-hybridized carbons (Fsp3) is 0.400. The summed E-state index contributed by atoms with van der Waals surface area (Å²) in [6, 6.07) is 7.08. The maximum absolute atomic E-state index is 3.58. The number of fused-ring (bicyclic) bond motifs is 1. The van der Waals surface area contributed by atoms with Gasteiger partial charge in [-0.15, -0.1) is 11.8 Å². The van der Waals surface area contributed by atoms with Crippen LogP contribution in [0.3, 0.4) is 0 Å². The topological polar surface area (TPSA) is 12.0 Å². The summed E-state index contributed by atoms with van der Waals surface area (Å²) >= 11 is 5.52. The van der Waals surface area contributed by atoms with E-state index in [2.05, 4.69) is 39.4 Å². The first-order chi connectivity index (χ1) is 6.31. The van der Waals surface area contributed by atoms with E-state index in [0.717, 1.165) is 6.42 Å². The summed E-state index contributed by atoms with van der Waals surface area (Å²) in [5, 5.41) is 3.33. The normalized spacial score (nSPS) is 21.2. The van der Waals surface area contributed by atoms with E-state index in [1.54, 1.807) is 0 Å². The van der Waals surface area contributed by atoms with E-state index in [1.807, 2.05) is 18.8 Å². The average molecular weight is 258 g/mol. The molecule has 1 atom stereocenters. The molecule has 2 rings (SSSR count). The lowest BCUT2D eigenvalue weighted by Crippen LogP contribution is -2.32. The summed E-state index contributed by atoms with van der Waals surface area (Å²) < 4.78 is 1.24. The molecular weight excluding hydrogens is 246 g/mol. The first kappa shape index (κ1) is 9.56. The van der Waals surface area contributed by atoms with Crippen molar-refractivity contribution in [2.75, 3.05) is 12.8 Å². The summed E-state index contributed by atoms with van der Waals surface area (Å²) in [4.78, 5) is 1.42. The van der Waals surface area contributed by atoms with Crippen molar-refractivity contribution in [3.63, 3.8) is 0 Å². The maximum atomic E-state index is 3.58. The van der Waals surface area contributed by atoms with Crippen molar-refractivity contribution in [2.45, 2.75) is 17.4 Å². The smallest absolute Gasteiger partial charge is 0.0314 e. The fourth-order valence-electron chi connectivity index (χ4n) is 1.57. The van der Waals surface area contributed by atoms with E-state index in [4.69, 9.17) is 0 Å². The number of benzene rings is 1. The second-order valence-electron chi connectivity index (χ2n) is 3.23. The standard InChI is InChI=1S/C10H12BrNS/c1-12-8-5-7-3-2-4-9(11)10(7)13-6-8/h2-4,8,12H,5-6H2,1H3. The number of hydrogen-bond acceptors (Lipinski definition) is 2. The Kier molecular flexibility index (Phi) is 2.96. The van der Waals surface area contributed by atoms with Gasteiger partial charge in [0.05, 0.1) is 0 Å². The monoisotopic (exact) mass is 257 g/mol. The van der Waals surface area contributed by atoms with E-state index in [1.165, 1.54) is 20.7 Å². The highest BCUT2D eigenvalue weighted by molar-refractivity contribution is 9.10. The molecule has 13 heavy (non-hydrogen) atoms. The zero-order chi connectivity index (χ0) is 9.26. The van der Waals surface area contributed by atoms with Gasteiger partial charge in [-0.05, 0) is 41.0 Å². The number of rotatable bonds is 1. The first-order valence-corrected chi connectivity index (χ1v) is 6.16. The predicted octanol–water partition coefficient (Wildman–Crippen LogP) is 2.69. The first-order valence-electron chi connectivity index (χ1n) is 4.38. The van der Waals surface area contributed by atoms with Crippen LogP contribution in [0.15, 0.2) is 27.6 Å². The Hall–Kier alpha value is 0.0100. The van der Waals surface area contributed by atoms with Crippen LogP contribution in [0, 0.1) is 0 Å². The lowest BCUT2D eigenvalue weighted by molar-refractivity contribution is 0.604. The zero-order valence-corrected chi connectivity index (χ0v) is 9.91. The second kappa shape index (κ2) is 4.03. The number of thioether (sulfide) groups is 1. The third-order valence-corrected chi connectivity index (χ3v) is 4.62. The molecule has 0 amide bonds. The molecule has 1 aromatic carbocycles. The van der Waals surface area contributed by atoms with E-state index in [-0.39, 0.29) is 0 Å². The number of halogens is 1. The van der Waals surface area contributed by atoms with Crippen LogP contribution >= 0.6 is 27.7 Å². The molecule has 0 bridgehead atoms. The van der Waals surface area contributed by atoms with Gasteiger partial charge in [-0.1, -0.05) is 12.1 Å². The molecule has 70 valence electrons. The van der Waals surface area contributed by atoms with Gasteiger partial charge < -0.3 is 5.32 Å². The van der Waals surface area contributed by atoms with Gasteiger partial charge in [0.15, 0.2) is 0 Å². The minimum Gasteiger partial charge on any atom is -0.316 e. The number of hydrogen-bond donors (Lipinski definition) is 1. The molecule has 0 aromatic heterocycles. The molecule has 1 aliphatic heterocycles. The Labute approximate surface area is 91.4 Å². The SMILES string of the molecule is CNC1CSc2c(Br)cccc2C1. The van der Waals surface area contributed by atoms with Crippen LogP contribution in [-0.4, -0.2) is 18.8 Å². The largest absolute Gasteiger partial charge is 0.316 e. The molecule has 0 radical (unpaired) electrons. The lowest BCUT2D eigenvalue weighted by Gasteiger charge is -2.24. The quantitative estimate of drug-likeness (QED) is 0.831. The van der Waals surface area contributed by atoms with Gasteiger partial charge in [0, 0.05) is 21.2 Å². The van der Waals surface area contributed by atoms with Crippen molar-refractivity contribution >= 4 is 27.7 Å². The summed E-state index contributed by atoms with van der Waals surface area (Å²) in [6.45, 7) is 0. The summed E-state index contributed by atoms with van der Waals surface area (Å²) in [7, 11) is 2.04. The molecule has 0 spiro atoms. The molecule has 1 nitrogen and oxygen atoms in total. The molecule has 0 fully saturated rings. The van der Waals surface area contributed by atoms with Crippen molar-refractivity contribution in [3.05, 3.63) is 28.2 Å². The highest BCUT2D eigenvalue weighted by Crippen LogP contribution is 2.35. The van der Waals surface area contributed by atoms with E-state index < -0.39 is 0 Å². The van der Waals surface area contributed by atoms with Crippen LogP contribution in [0.1, 0.15) is 5.56 Å². The molecule has 0 saturated heterocycles. The average Bonchev–Trinajstić information content (AvgIpc) is 2.18. The van der Waals surface area contributed by atoms with Crippen LogP contribution in [0.2, 0.25) is 0 Å². The van der Waals surface area contributed by atoms with E-state index >= 15 is 0 Å². The minimum absolute atomic E-state index is 0.631. The van der Waals surface area contributed by atoms with Crippen LogP contribution in [0.4, 0.5) is 0 Å². The second-order valence-corrected chi connectivity index (χ2v) is 5.11. The Morgan fingerprint density at radius 1 is 1.54 bits per heavy atom. The van der Waals surface area contributed by atoms with E-state index in [0.29, 0.717) is 6.04 Å². The molecular formula is C10H12BrNS. The summed E-state index contributed by atoms with van der Waals surface area (Å²) in [5.74, 6) is 1.17. The highest BCUT2D eigenvalue weighted by atomic mass is 79.9. The maximum Gasteiger partial charge on any atom is 0.0314 e.